The SMILES string of the molecule is O=C(Cn1ccccc1=O)NNS(=O)(=O)c1ccc(F)c(Cl)c1. The zero-order valence-corrected chi connectivity index (χ0v) is 13.1. The molecule has 0 aliphatic heterocycles. The lowest BCUT2D eigenvalue weighted by Gasteiger charge is -2.09. The number of halogens is 2. The lowest BCUT2D eigenvalue weighted by Crippen LogP contribution is -2.44. The van der Waals surface area contributed by atoms with Crippen LogP contribution in [-0.2, 0) is 21.4 Å². The first kappa shape index (κ1) is 17.1. The molecule has 0 radical (unpaired) electrons. The van der Waals surface area contributed by atoms with Crippen molar-refractivity contribution in [2.75, 3.05) is 0 Å². The third-order valence-electron chi connectivity index (χ3n) is 2.74. The van der Waals surface area contributed by atoms with Crippen LogP contribution < -0.4 is 15.8 Å². The largest absolute Gasteiger partial charge is 0.306 e. The van der Waals surface area contributed by atoms with E-state index in [4.69, 9.17) is 11.6 Å². The number of benzene rings is 1. The molecular weight excluding hydrogens is 349 g/mol. The summed E-state index contributed by atoms with van der Waals surface area (Å²) in [5, 5.41) is -0.366. The quantitative estimate of drug-likeness (QED) is 0.766. The van der Waals surface area contributed by atoms with E-state index in [2.05, 4.69) is 0 Å². The Morgan fingerprint density at radius 1 is 1.26 bits per heavy atom. The lowest BCUT2D eigenvalue weighted by molar-refractivity contribution is -0.122. The Morgan fingerprint density at radius 3 is 2.65 bits per heavy atom. The molecule has 1 aromatic heterocycles. The van der Waals surface area contributed by atoms with Crippen LogP contribution >= 0.6 is 11.6 Å². The van der Waals surface area contributed by atoms with Crippen LogP contribution in [0.25, 0.3) is 0 Å². The predicted octanol–water partition coefficient (Wildman–Crippen LogP) is 0.651. The fourth-order valence-electron chi connectivity index (χ4n) is 1.61. The molecule has 0 atom stereocenters. The van der Waals surface area contributed by atoms with Crippen LogP contribution in [0.2, 0.25) is 5.02 Å². The van der Waals surface area contributed by atoms with Gasteiger partial charge < -0.3 is 4.57 Å². The molecule has 7 nitrogen and oxygen atoms in total. The molecule has 0 saturated heterocycles. The van der Waals surface area contributed by atoms with Gasteiger partial charge in [0.15, 0.2) is 0 Å². The molecule has 1 heterocycles. The zero-order valence-electron chi connectivity index (χ0n) is 11.5. The van der Waals surface area contributed by atoms with Crippen molar-refractivity contribution < 1.29 is 17.6 Å². The molecule has 23 heavy (non-hydrogen) atoms. The van der Waals surface area contributed by atoms with Gasteiger partial charge in [-0.1, -0.05) is 17.7 Å². The fourth-order valence-corrected chi connectivity index (χ4v) is 2.74. The standard InChI is InChI=1S/C13H11ClFN3O4S/c14-10-7-9(4-5-11(10)15)23(21,22)17-16-12(19)8-18-6-2-1-3-13(18)20/h1-7,17H,8H2,(H,16,19). The van der Waals surface area contributed by atoms with Crippen LogP contribution in [0.3, 0.4) is 0 Å². The molecule has 2 N–H and O–H groups in total. The molecule has 0 aliphatic rings. The average Bonchev–Trinajstić information content (AvgIpc) is 2.50. The molecule has 0 aliphatic carbocycles. The summed E-state index contributed by atoms with van der Waals surface area (Å²) in [7, 11) is -4.12. The number of hydrogen-bond donors (Lipinski definition) is 2. The molecule has 10 heteroatoms. The normalized spacial score (nSPS) is 11.2. The molecule has 122 valence electrons. The van der Waals surface area contributed by atoms with Crippen LogP contribution in [0, 0.1) is 5.82 Å². The third kappa shape index (κ3) is 4.38. The van der Waals surface area contributed by atoms with Crippen molar-refractivity contribution >= 4 is 27.5 Å². The highest BCUT2D eigenvalue weighted by molar-refractivity contribution is 7.89. The highest BCUT2D eigenvalue weighted by Gasteiger charge is 2.17. The molecular formula is C13H11ClFN3O4S. The molecule has 2 aromatic rings. The number of hydrogen-bond acceptors (Lipinski definition) is 4. The van der Waals surface area contributed by atoms with Crippen molar-refractivity contribution in [2.24, 2.45) is 0 Å². The number of nitrogens with zero attached hydrogens (tertiary/aromatic N) is 1. The van der Waals surface area contributed by atoms with Crippen molar-refractivity contribution in [3.63, 3.8) is 0 Å². The maximum Gasteiger partial charge on any atom is 0.257 e. The van der Waals surface area contributed by atoms with Gasteiger partial charge in [-0.3, -0.25) is 15.0 Å². The van der Waals surface area contributed by atoms with Gasteiger partial charge in [-0.2, -0.15) is 0 Å². The lowest BCUT2D eigenvalue weighted by atomic mass is 10.3. The number of sulfonamides is 1. The minimum atomic E-state index is -4.12. The molecule has 2 rings (SSSR count). The van der Waals surface area contributed by atoms with E-state index < -0.39 is 27.3 Å². The maximum atomic E-state index is 13.0. The minimum absolute atomic E-state index is 0.318. The number of carbonyl (C=O) groups excluding carboxylic acids is 1. The van der Waals surface area contributed by atoms with Crippen molar-refractivity contribution in [3.05, 3.63) is 63.8 Å². The van der Waals surface area contributed by atoms with E-state index in [-0.39, 0.29) is 16.5 Å². The van der Waals surface area contributed by atoms with Gasteiger partial charge in [0.25, 0.3) is 21.5 Å². The van der Waals surface area contributed by atoms with Gasteiger partial charge in [-0.25, -0.2) is 12.8 Å². The Morgan fingerprint density at radius 2 is 2.00 bits per heavy atom. The van der Waals surface area contributed by atoms with Gasteiger partial charge in [0.1, 0.15) is 12.4 Å². The van der Waals surface area contributed by atoms with E-state index in [1.165, 1.54) is 18.3 Å². The third-order valence-corrected chi connectivity index (χ3v) is 4.27. The first-order chi connectivity index (χ1) is 10.8. The summed E-state index contributed by atoms with van der Waals surface area (Å²) in [6.45, 7) is -0.369. The topological polar surface area (TPSA) is 97.3 Å². The van der Waals surface area contributed by atoms with E-state index in [1.807, 2.05) is 10.3 Å². The van der Waals surface area contributed by atoms with Gasteiger partial charge in [-0.15, -0.1) is 4.83 Å². The number of hydrazine groups is 1. The van der Waals surface area contributed by atoms with Crippen molar-refractivity contribution in [2.45, 2.75) is 11.4 Å². The summed E-state index contributed by atoms with van der Waals surface area (Å²) >= 11 is 5.51. The molecule has 0 spiro atoms. The highest BCUT2D eigenvalue weighted by Crippen LogP contribution is 2.18. The average molecular weight is 360 g/mol. The highest BCUT2D eigenvalue weighted by atomic mass is 35.5. The molecule has 0 fully saturated rings. The van der Waals surface area contributed by atoms with Gasteiger partial charge in [0, 0.05) is 12.3 Å². The van der Waals surface area contributed by atoms with Gasteiger partial charge >= 0.3 is 0 Å². The molecule has 0 bridgehead atoms. The Kier molecular flexibility index (Phi) is 5.14. The van der Waals surface area contributed by atoms with E-state index in [0.29, 0.717) is 0 Å². The predicted molar refractivity (Wildman–Crippen MR) is 80.6 cm³/mol. The monoisotopic (exact) mass is 359 g/mol. The second-order valence-corrected chi connectivity index (χ2v) is 6.49. The maximum absolute atomic E-state index is 13.0. The van der Waals surface area contributed by atoms with Gasteiger partial charge in [0.05, 0.1) is 9.92 Å². The smallest absolute Gasteiger partial charge is 0.257 e. The summed E-state index contributed by atoms with van der Waals surface area (Å²) < 4.78 is 38.0. The number of aromatic nitrogens is 1. The Labute approximate surface area is 135 Å². The minimum Gasteiger partial charge on any atom is -0.306 e. The Balaban J connectivity index is 2.04. The summed E-state index contributed by atoms with van der Waals surface area (Å²) in [5.74, 6) is -1.52. The summed E-state index contributed by atoms with van der Waals surface area (Å²) in [6.07, 6.45) is 1.39. The van der Waals surface area contributed by atoms with E-state index in [1.54, 1.807) is 6.07 Å². The van der Waals surface area contributed by atoms with Gasteiger partial charge in [0.2, 0.25) is 0 Å². The van der Waals surface area contributed by atoms with E-state index in [9.17, 15) is 22.4 Å². The number of carbonyl (C=O) groups is 1. The fraction of sp³-hybridized carbons (Fsp3) is 0.0769. The van der Waals surface area contributed by atoms with Crippen LogP contribution in [-0.4, -0.2) is 18.9 Å². The first-order valence-electron chi connectivity index (χ1n) is 6.21. The van der Waals surface area contributed by atoms with Crippen LogP contribution in [0.4, 0.5) is 4.39 Å². The molecule has 1 aromatic carbocycles. The Bertz CT molecular complexity index is 898. The number of pyridine rings is 1. The molecule has 1 amide bonds. The summed E-state index contributed by atoms with van der Waals surface area (Å²) in [4.78, 5) is 24.6. The second-order valence-electron chi connectivity index (χ2n) is 4.40. The molecule has 0 unspecified atom stereocenters. The van der Waals surface area contributed by atoms with Crippen molar-refractivity contribution in [3.8, 4) is 0 Å². The summed E-state index contributed by atoms with van der Waals surface area (Å²) in [6, 6.07) is 7.13. The number of rotatable bonds is 5. The first-order valence-corrected chi connectivity index (χ1v) is 8.07. The van der Waals surface area contributed by atoms with E-state index >= 15 is 0 Å². The Hall–Kier alpha value is -2.23. The second kappa shape index (κ2) is 6.90. The number of amides is 1. The zero-order chi connectivity index (χ0) is 17.0. The van der Waals surface area contributed by atoms with Crippen molar-refractivity contribution in [1.82, 2.24) is 14.8 Å². The number of nitrogens with one attached hydrogen (secondary N) is 2. The van der Waals surface area contributed by atoms with E-state index in [0.717, 1.165) is 22.8 Å². The van der Waals surface area contributed by atoms with Gasteiger partial charge in [-0.05, 0) is 24.3 Å². The van der Waals surface area contributed by atoms with Crippen LogP contribution in [0.5, 0.6) is 0 Å². The van der Waals surface area contributed by atoms with Crippen LogP contribution in [0.15, 0.2) is 52.3 Å². The van der Waals surface area contributed by atoms with Crippen molar-refractivity contribution in [1.29, 1.82) is 0 Å². The summed E-state index contributed by atoms with van der Waals surface area (Å²) in [5.41, 5.74) is 1.55. The van der Waals surface area contributed by atoms with Crippen LogP contribution in [0.1, 0.15) is 0 Å². The molecule has 0 saturated carbocycles.